The fraction of sp³-hybridized carbons (Fsp3) is 0.158. The van der Waals surface area contributed by atoms with Crippen LogP contribution in [0.2, 0.25) is 0 Å². The zero-order valence-electron chi connectivity index (χ0n) is 13.5. The van der Waals surface area contributed by atoms with Crippen molar-refractivity contribution in [3.8, 4) is 0 Å². The first kappa shape index (κ1) is 17.3. The van der Waals surface area contributed by atoms with Gasteiger partial charge in [-0.3, -0.25) is 9.69 Å². The smallest absolute Gasteiger partial charge is 0.268 e. The Bertz CT molecular complexity index is 794. The third kappa shape index (κ3) is 3.58. The lowest BCUT2D eigenvalue weighted by Gasteiger charge is -2.14. The monoisotopic (exact) mass is 371 g/mol. The van der Waals surface area contributed by atoms with Gasteiger partial charge < -0.3 is 0 Å². The molecule has 1 amide bonds. The van der Waals surface area contributed by atoms with Crippen LogP contribution in [0.25, 0.3) is 6.08 Å². The zero-order valence-corrected chi connectivity index (χ0v) is 15.9. The van der Waals surface area contributed by atoms with Crippen LogP contribution in [0.1, 0.15) is 18.1 Å². The molecule has 0 aromatic heterocycles. The average molecular weight is 372 g/mol. The molecule has 1 heterocycles. The minimum absolute atomic E-state index is 0.0526. The van der Waals surface area contributed by atoms with E-state index < -0.39 is 0 Å². The van der Waals surface area contributed by atoms with Gasteiger partial charge in [-0.05, 0) is 54.1 Å². The summed E-state index contributed by atoms with van der Waals surface area (Å²) in [5.74, 6) is -0.0526. The van der Waals surface area contributed by atoms with Crippen LogP contribution in [0.15, 0.2) is 58.3 Å². The molecule has 0 aliphatic carbocycles. The fourth-order valence-corrected chi connectivity index (χ4v) is 4.13. The summed E-state index contributed by atoms with van der Waals surface area (Å²) in [5.41, 5.74) is 3.08. The highest BCUT2D eigenvalue weighted by molar-refractivity contribution is 8.27. The number of thiocarbonyl (C=S) groups is 1. The summed E-state index contributed by atoms with van der Waals surface area (Å²) in [6, 6.07) is 16.2. The summed E-state index contributed by atoms with van der Waals surface area (Å²) >= 11 is 8.47. The van der Waals surface area contributed by atoms with Gasteiger partial charge in [-0.2, -0.15) is 0 Å². The first-order chi connectivity index (χ1) is 11.6. The van der Waals surface area contributed by atoms with E-state index in [-0.39, 0.29) is 5.91 Å². The van der Waals surface area contributed by atoms with E-state index in [9.17, 15) is 4.79 Å². The molecule has 0 unspecified atom stereocenters. The van der Waals surface area contributed by atoms with Gasteiger partial charge in [0.1, 0.15) is 0 Å². The van der Waals surface area contributed by atoms with Crippen molar-refractivity contribution in [1.82, 2.24) is 0 Å². The second-order valence-electron chi connectivity index (χ2n) is 5.31. The maximum absolute atomic E-state index is 12.7. The molecule has 24 heavy (non-hydrogen) atoms. The number of hydrogen-bond acceptors (Lipinski definition) is 4. The van der Waals surface area contributed by atoms with Crippen molar-refractivity contribution in [2.75, 3.05) is 11.2 Å². The molecular formula is C19H17NOS3. The Morgan fingerprint density at radius 2 is 1.79 bits per heavy atom. The summed E-state index contributed by atoms with van der Waals surface area (Å²) < 4.78 is 0.580. The van der Waals surface area contributed by atoms with Gasteiger partial charge in [0, 0.05) is 4.90 Å². The molecular weight excluding hydrogens is 354 g/mol. The van der Waals surface area contributed by atoms with Crippen LogP contribution >= 0.6 is 35.7 Å². The van der Waals surface area contributed by atoms with Crippen LogP contribution in [-0.4, -0.2) is 16.5 Å². The molecule has 5 heteroatoms. The molecule has 1 aliphatic heterocycles. The van der Waals surface area contributed by atoms with E-state index in [1.54, 1.807) is 16.7 Å². The molecule has 0 N–H and O–H groups in total. The van der Waals surface area contributed by atoms with Gasteiger partial charge >= 0.3 is 0 Å². The highest BCUT2D eigenvalue weighted by Crippen LogP contribution is 2.36. The van der Waals surface area contributed by atoms with Crippen molar-refractivity contribution < 1.29 is 4.79 Å². The average Bonchev–Trinajstić information content (AvgIpc) is 2.89. The maximum atomic E-state index is 12.7. The van der Waals surface area contributed by atoms with E-state index in [2.05, 4.69) is 19.1 Å². The number of hydrogen-bond donors (Lipinski definition) is 0. The molecule has 0 atom stereocenters. The van der Waals surface area contributed by atoms with Gasteiger partial charge in [0.25, 0.3) is 5.91 Å². The van der Waals surface area contributed by atoms with Crippen molar-refractivity contribution in [1.29, 1.82) is 0 Å². The summed E-state index contributed by atoms with van der Waals surface area (Å²) in [4.78, 5) is 16.2. The van der Waals surface area contributed by atoms with E-state index in [0.717, 1.165) is 17.7 Å². The largest absolute Gasteiger partial charge is 0.270 e. The lowest BCUT2D eigenvalue weighted by Crippen LogP contribution is -2.27. The summed E-state index contributed by atoms with van der Waals surface area (Å²) in [6.45, 7) is 2.11. The standard InChI is InChI=1S/C19H17NOS3/c1-3-13-4-8-15(9-5-13)20-18(21)17(24-19(20)22)12-14-6-10-16(23-2)11-7-14/h4-12H,3H2,1-2H3/b17-12-. The van der Waals surface area contributed by atoms with Gasteiger partial charge in [-0.25, -0.2) is 0 Å². The van der Waals surface area contributed by atoms with Crippen molar-refractivity contribution in [2.24, 2.45) is 0 Å². The van der Waals surface area contributed by atoms with Crippen LogP contribution < -0.4 is 4.90 Å². The Morgan fingerprint density at radius 1 is 1.12 bits per heavy atom. The van der Waals surface area contributed by atoms with Gasteiger partial charge in [0.2, 0.25) is 0 Å². The van der Waals surface area contributed by atoms with Gasteiger partial charge in [0.05, 0.1) is 10.6 Å². The number of anilines is 1. The number of nitrogens with zero attached hydrogens (tertiary/aromatic N) is 1. The van der Waals surface area contributed by atoms with Gasteiger partial charge in [0.15, 0.2) is 4.32 Å². The van der Waals surface area contributed by atoms with Crippen LogP contribution in [-0.2, 0) is 11.2 Å². The molecule has 1 aliphatic rings. The number of carbonyl (C=O) groups is 1. The highest BCUT2D eigenvalue weighted by Gasteiger charge is 2.33. The van der Waals surface area contributed by atoms with Crippen LogP contribution in [0.3, 0.4) is 0 Å². The summed E-state index contributed by atoms with van der Waals surface area (Å²) in [7, 11) is 0. The Labute approximate surface area is 156 Å². The zero-order chi connectivity index (χ0) is 17.1. The number of rotatable bonds is 4. The number of amides is 1. The Balaban J connectivity index is 1.85. The summed E-state index contributed by atoms with van der Waals surface area (Å²) in [6.07, 6.45) is 4.93. The Kier molecular flexibility index (Phi) is 5.43. The molecule has 1 fully saturated rings. The number of benzene rings is 2. The Morgan fingerprint density at radius 3 is 2.38 bits per heavy atom. The molecule has 0 saturated carbocycles. The third-order valence-electron chi connectivity index (χ3n) is 3.81. The van der Waals surface area contributed by atoms with E-state index >= 15 is 0 Å². The number of carbonyl (C=O) groups excluding carboxylic acids is 1. The van der Waals surface area contributed by atoms with Gasteiger partial charge in [-0.15, -0.1) is 11.8 Å². The topological polar surface area (TPSA) is 20.3 Å². The Hall–Kier alpha value is -1.56. The fourth-order valence-electron chi connectivity index (χ4n) is 2.42. The molecule has 122 valence electrons. The van der Waals surface area contributed by atoms with E-state index in [1.165, 1.54) is 22.2 Å². The molecule has 3 rings (SSSR count). The minimum Gasteiger partial charge on any atom is -0.268 e. The maximum Gasteiger partial charge on any atom is 0.270 e. The molecule has 2 nitrogen and oxygen atoms in total. The molecule has 0 bridgehead atoms. The number of thioether (sulfide) groups is 2. The van der Waals surface area contributed by atoms with Crippen molar-refractivity contribution in [3.05, 3.63) is 64.6 Å². The normalized spacial score (nSPS) is 16.2. The summed E-state index contributed by atoms with van der Waals surface area (Å²) in [5, 5.41) is 0. The van der Waals surface area contributed by atoms with Crippen molar-refractivity contribution >= 4 is 57.7 Å². The first-order valence-electron chi connectivity index (χ1n) is 7.63. The predicted molar refractivity (Wildman–Crippen MR) is 110 cm³/mol. The number of aryl methyl sites for hydroxylation is 1. The highest BCUT2D eigenvalue weighted by atomic mass is 32.2. The quantitative estimate of drug-likeness (QED) is 0.408. The second kappa shape index (κ2) is 7.55. The van der Waals surface area contributed by atoms with Crippen molar-refractivity contribution in [2.45, 2.75) is 18.2 Å². The molecule has 1 saturated heterocycles. The lowest BCUT2D eigenvalue weighted by molar-refractivity contribution is -0.113. The first-order valence-corrected chi connectivity index (χ1v) is 10.1. The van der Waals surface area contributed by atoms with Gasteiger partial charge in [-0.1, -0.05) is 55.2 Å². The third-order valence-corrected chi connectivity index (χ3v) is 5.86. The van der Waals surface area contributed by atoms with E-state index in [4.69, 9.17) is 12.2 Å². The second-order valence-corrected chi connectivity index (χ2v) is 7.87. The van der Waals surface area contributed by atoms with Crippen molar-refractivity contribution in [3.63, 3.8) is 0 Å². The molecule has 2 aromatic rings. The minimum atomic E-state index is -0.0526. The van der Waals surface area contributed by atoms with E-state index in [1.807, 2.05) is 48.7 Å². The van der Waals surface area contributed by atoms with Crippen LogP contribution in [0, 0.1) is 0 Å². The van der Waals surface area contributed by atoms with Crippen LogP contribution in [0.4, 0.5) is 5.69 Å². The molecule has 0 spiro atoms. The molecule has 2 aromatic carbocycles. The predicted octanol–water partition coefficient (Wildman–Crippen LogP) is 5.38. The SMILES string of the molecule is CCc1ccc(N2C(=O)/C(=C/c3ccc(SC)cc3)SC2=S)cc1. The van der Waals surface area contributed by atoms with Crippen LogP contribution in [0.5, 0.6) is 0 Å². The lowest BCUT2D eigenvalue weighted by atomic mass is 10.1. The van der Waals surface area contributed by atoms with E-state index in [0.29, 0.717) is 9.23 Å². The molecule has 0 radical (unpaired) electrons.